The first-order valence-corrected chi connectivity index (χ1v) is 10.7. The normalized spacial score (nSPS) is 11.2. The number of ether oxygens (including phenoxy) is 2. The molecule has 0 N–H and O–H groups in total. The number of anilines is 1. The Balaban J connectivity index is 2.11. The highest BCUT2D eigenvalue weighted by Gasteiger charge is 2.27. The van der Waals surface area contributed by atoms with Crippen LogP contribution in [0.4, 0.5) is 5.69 Å². The standard InChI is InChI=1S/C23H25NO4S/c1-17-8-7-10-20(14-17)24(29(25,26)23-11-6-5-9-18(23)2)16-19-12-13-21(27-3)22(15-19)28-4/h5-15H,16H2,1-4H3. The van der Waals surface area contributed by atoms with Crippen molar-refractivity contribution in [3.05, 3.63) is 83.4 Å². The molecule has 5 nitrogen and oxygen atoms in total. The van der Waals surface area contributed by atoms with Gasteiger partial charge in [-0.3, -0.25) is 4.31 Å². The third kappa shape index (κ3) is 4.38. The zero-order chi connectivity index (χ0) is 21.0. The summed E-state index contributed by atoms with van der Waals surface area (Å²) in [5, 5.41) is 0. The van der Waals surface area contributed by atoms with Crippen molar-refractivity contribution in [3.63, 3.8) is 0 Å². The van der Waals surface area contributed by atoms with Gasteiger partial charge in [-0.25, -0.2) is 8.42 Å². The summed E-state index contributed by atoms with van der Waals surface area (Å²) in [6.45, 7) is 3.91. The van der Waals surface area contributed by atoms with E-state index in [1.165, 1.54) is 4.31 Å². The number of nitrogens with zero attached hydrogens (tertiary/aromatic N) is 1. The maximum absolute atomic E-state index is 13.6. The monoisotopic (exact) mass is 411 g/mol. The average molecular weight is 412 g/mol. The van der Waals surface area contributed by atoms with Gasteiger partial charge < -0.3 is 9.47 Å². The van der Waals surface area contributed by atoms with E-state index >= 15 is 0 Å². The lowest BCUT2D eigenvalue weighted by Crippen LogP contribution is -2.31. The third-order valence-corrected chi connectivity index (χ3v) is 6.66. The molecule has 3 aromatic carbocycles. The van der Waals surface area contributed by atoms with Crippen molar-refractivity contribution in [2.24, 2.45) is 0 Å². The molecule has 0 amide bonds. The molecule has 29 heavy (non-hydrogen) atoms. The molecule has 3 rings (SSSR count). The fourth-order valence-corrected chi connectivity index (χ4v) is 4.88. The summed E-state index contributed by atoms with van der Waals surface area (Å²) in [6, 6.07) is 19.9. The Bertz CT molecular complexity index is 1110. The fourth-order valence-electron chi connectivity index (χ4n) is 3.21. The summed E-state index contributed by atoms with van der Waals surface area (Å²) >= 11 is 0. The van der Waals surface area contributed by atoms with Gasteiger partial charge in [0.25, 0.3) is 10.0 Å². The molecular weight excluding hydrogens is 386 g/mol. The molecule has 0 aromatic heterocycles. The van der Waals surface area contributed by atoms with Crippen molar-refractivity contribution in [3.8, 4) is 11.5 Å². The number of rotatable bonds is 7. The predicted molar refractivity (Wildman–Crippen MR) is 115 cm³/mol. The van der Waals surface area contributed by atoms with Gasteiger partial charge in [0, 0.05) is 0 Å². The van der Waals surface area contributed by atoms with E-state index in [9.17, 15) is 8.42 Å². The van der Waals surface area contributed by atoms with Crippen LogP contribution < -0.4 is 13.8 Å². The maximum atomic E-state index is 13.6. The zero-order valence-electron chi connectivity index (χ0n) is 17.0. The lowest BCUT2D eigenvalue weighted by atomic mass is 10.2. The summed E-state index contributed by atoms with van der Waals surface area (Å²) in [5.41, 5.74) is 3.10. The number of hydrogen-bond acceptors (Lipinski definition) is 4. The second-order valence-electron chi connectivity index (χ2n) is 6.81. The molecule has 0 radical (unpaired) electrons. The smallest absolute Gasteiger partial charge is 0.264 e. The molecule has 0 bridgehead atoms. The highest BCUT2D eigenvalue weighted by molar-refractivity contribution is 7.92. The van der Waals surface area contributed by atoms with Gasteiger partial charge in [0.05, 0.1) is 31.3 Å². The van der Waals surface area contributed by atoms with Gasteiger partial charge in [0.1, 0.15) is 0 Å². The Labute approximate surface area is 172 Å². The van der Waals surface area contributed by atoms with Gasteiger partial charge in [-0.1, -0.05) is 36.4 Å². The predicted octanol–water partition coefficient (Wildman–Crippen LogP) is 4.72. The lowest BCUT2D eigenvalue weighted by molar-refractivity contribution is 0.354. The van der Waals surface area contributed by atoms with Crippen LogP contribution in [-0.4, -0.2) is 22.6 Å². The Morgan fingerprint density at radius 1 is 0.828 bits per heavy atom. The van der Waals surface area contributed by atoms with Crippen LogP contribution in [0.2, 0.25) is 0 Å². The number of hydrogen-bond donors (Lipinski definition) is 0. The average Bonchev–Trinajstić information content (AvgIpc) is 2.71. The van der Waals surface area contributed by atoms with E-state index < -0.39 is 10.0 Å². The number of benzene rings is 3. The Hall–Kier alpha value is -2.99. The van der Waals surface area contributed by atoms with Crippen LogP contribution in [0.15, 0.2) is 71.6 Å². The van der Waals surface area contributed by atoms with Crippen molar-refractivity contribution in [2.45, 2.75) is 25.3 Å². The van der Waals surface area contributed by atoms with Crippen LogP contribution in [0.25, 0.3) is 0 Å². The summed E-state index contributed by atoms with van der Waals surface area (Å²) in [5.74, 6) is 1.16. The SMILES string of the molecule is COc1ccc(CN(c2cccc(C)c2)S(=O)(=O)c2ccccc2C)cc1OC. The summed E-state index contributed by atoms with van der Waals surface area (Å²) in [7, 11) is -0.646. The zero-order valence-corrected chi connectivity index (χ0v) is 17.9. The van der Waals surface area contributed by atoms with Gasteiger partial charge in [-0.05, 0) is 60.9 Å². The second kappa shape index (κ2) is 8.57. The van der Waals surface area contributed by atoms with Crippen molar-refractivity contribution in [1.82, 2.24) is 0 Å². The van der Waals surface area contributed by atoms with E-state index in [1.807, 2.05) is 43.3 Å². The van der Waals surface area contributed by atoms with Gasteiger partial charge in [0.15, 0.2) is 11.5 Å². The van der Waals surface area contributed by atoms with Crippen LogP contribution in [0, 0.1) is 13.8 Å². The Morgan fingerprint density at radius 2 is 1.55 bits per heavy atom. The van der Waals surface area contributed by atoms with Crippen LogP contribution in [0.5, 0.6) is 11.5 Å². The van der Waals surface area contributed by atoms with Gasteiger partial charge >= 0.3 is 0 Å². The number of aryl methyl sites for hydroxylation is 2. The number of sulfonamides is 1. The quantitative estimate of drug-likeness (QED) is 0.565. The first-order valence-electron chi connectivity index (χ1n) is 9.22. The van der Waals surface area contributed by atoms with Crippen LogP contribution in [-0.2, 0) is 16.6 Å². The highest BCUT2D eigenvalue weighted by Crippen LogP contribution is 2.32. The van der Waals surface area contributed by atoms with E-state index in [-0.39, 0.29) is 6.54 Å². The van der Waals surface area contributed by atoms with E-state index in [1.54, 1.807) is 51.5 Å². The van der Waals surface area contributed by atoms with E-state index in [0.717, 1.165) is 11.1 Å². The molecule has 0 aliphatic heterocycles. The molecule has 152 valence electrons. The fraction of sp³-hybridized carbons (Fsp3) is 0.217. The van der Waals surface area contributed by atoms with Crippen molar-refractivity contribution in [2.75, 3.05) is 18.5 Å². The first kappa shape index (κ1) is 20.7. The lowest BCUT2D eigenvalue weighted by Gasteiger charge is -2.26. The topological polar surface area (TPSA) is 55.8 Å². The summed E-state index contributed by atoms with van der Waals surface area (Å²) in [4.78, 5) is 0.294. The van der Waals surface area contributed by atoms with Crippen molar-refractivity contribution < 1.29 is 17.9 Å². The van der Waals surface area contributed by atoms with Gasteiger partial charge in [0.2, 0.25) is 0 Å². The molecule has 3 aromatic rings. The Kier molecular flexibility index (Phi) is 6.13. The minimum Gasteiger partial charge on any atom is -0.493 e. The largest absolute Gasteiger partial charge is 0.493 e. The van der Waals surface area contributed by atoms with E-state index in [0.29, 0.717) is 27.6 Å². The summed E-state index contributed by atoms with van der Waals surface area (Å²) < 4.78 is 39.3. The molecule has 0 aliphatic rings. The minimum atomic E-state index is -3.77. The molecule has 0 saturated heterocycles. The molecule has 6 heteroatoms. The molecular formula is C23H25NO4S. The molecule has 0 heterocycles. The van der Waals surface area contributed by atoms with Crippen molar-refractivity contribution >= 4 is 15.7 Å². The number of methoxy groups -OCH3 is 2. The molecule has 0 aliphatic carbocycles. The third-order valence-electron chi connectivity index (χ3n) is 4.73. The highest BCUT2D eigenvalue weighted by atomic mass is 32.2. The minimum absolute atomic E-state index is 0.167. The molecule has 0 spiro atoms. The van der Waals surface area contributed by atoms with Crippen molar-refractivity contribution in [1.29, 1.82) is 0 Å². The molecule has 0 fully saturated rings. The summed E-state index contributed by atoms with van der Waals surface area (Å²) in [6.07, 6.45) is 0. The Morgan fingerprint density at radius 3 is 2.21 bits per heavy atom. The van der Waals surface area contributed by atoms with Crippen LogP contribution in [0.3, 0.4) is 0 Å². The maximum Gasteiger partial charge on any atom is 0.264 e. The second-order valence-corrected chi connectivity index (χ2v) is 8.64. The van der Waals surface area contributed by atoms with Crippen LogP contribution >= 0.6 is 0 Å². The van der Waals surface area contributed by atoms with E-state index in [2.05, 4.69) is 0 Å². The molecule has 0 saturated carbocycles. The molecule has 0 atom stereocenters. The molecule has 0 unspecified atom stereocenters. The van der Waals surface area contributed by atoms with Gasteiger partial charge in [-0.2, -0.15) is 0 Å². The van der Waals surface area contributed by atoms with Crippen LogP contribution in [0.1, 0.15) is 16.7 Å². The first-order chi connectivity index (χ1) is 13.9. The van der Waals surface area contributed by atoms with E-state index in [4.69, 9.17) is 9.47 Å². The van der Waals surface area contributed by atoms with Gasteiger partial charge in [-0.15, -0.1) is 0 Å².